The van der Waals surface area contributed by atoms with Crippen molar-refractivity contribution in [3.05, 3.63) is 48.9 Å². The molecule has 1 fully saturated rings. The summed E-state index contributed by atoms with van der Waals surface area (Å²) in [5, 5.41) is 1.09. The fourth-order valence-electron chi connectivity index (χ4n) is 3.02. The zero-order valence-corrected chi connectivity index (χ0v) is 13.6. The van der Waals surface area contributed by atoms with Crippen LogP contribution in [-0.2, 0) is 0 Å². The van der Waals surface area contributed by atoms with Gasteiger partial charge in [0.2, 0.25) is 0 Å². The first-order valence-corrected chi connectivity index (χ1v) is 8.04. The Morgan fingerprint density at radius 3 is 2.42 bits per heavy atom. The first-order chi connectivity index (χ1) is 11.8. The van der Waals surface area contributed by atoms with Gasteiger partial charge in [-0.15, -0.1) is 0 Å². The number of piperazine rings is 1. The highest BCUT2D eigenvalue weighted by molar-refractivity contribution is 5.81. The molecule has 0 unspecified atom stereocenters. The lowest BCUT2D eigenvalue weighted by atomic mass is 10.2. The van der Waals surface area contributed by atoms with Crippen molar-refractivity contribution in [2.75, 3.05) is 43.1 Å². The molecule has 1 aliphatic rings. The Balaban J connectivity index is 1.50. The molecule has 0 spiro atoms. The smallest absolute Gasteiger partial charge is 0.147 e. The van der Waals surface area contributed by atoms with E-state index in [0.29, 0.717) is 0 Å². The largest absolute Gasteiger partial charge is 0.497 e. The molecule has 0 amide bonds. The van der Waals surface area contributed by atoms with Crippen LogP contribution < -0.4 is 14.5 Å². The highest BCUT2D eigenvalue weighted by Gasteiger charge is 2.19. The standard InChI is InChI=1S/C18H19N5O/c1-24-15-3-4-16-14(12-15)2-5-17(21-16)22-8-10-23(11-9-22)18-13-19-6-7-20-18/h2-7,12-13H,8-11H2,1H3. The third kappa shape index (κ3) is 2.82. The molecule has 3 heterocycles. The lowest BCUT2D eigenvalue weighted by Gasteiger charge is -2.35. The molecule has 0 saturated carbocycles. The highest BCUT2D eigenvalue weighted by atomic mass is 16.5. The Hall–Kier alpha value is -2.89. The fraction of sp³-hybridized carbons (Fsp3) is 0.278. The molecule has 6 nitrogen and oxygen atoms in total. The minimum absolute atomic E-state index is 0.856. The van der Waals surface area contributed by atoms with E-state index in [9.17, 15) is 0 Å². The second kappa shape index (κ2) is 6.31. The van der Waals surface area contributed by atoms with Gasteiger partial charge in [0.1, 0.15) is 17.4 Å². The number of anilines is 2. The Bertz CT molecular complexity index is 831. The van der Waals surface area contributed by atoms with Gasteiger partial charge >= 0.3 is 0 Å². The second-order valence-corrected chi connectivity index (χ2v) is 5.77. The maximum Gasteiger partial charge on any atom is 0.147 e. The van der Waals surface area contributed by atoms with Gasteiger partial charge in [0.15, 0.2) is 0 Å². The van der Waals surface area contributed by atoms with Gasteiger partial charge in [0, 0.05) is 44.0 Å². The molecule has 3 aromatic rings. The molecule has 122 valence electrons. The van der Waals surface area contributed by atoms with Gasteiger partial charge in [-0.05, 0) is 30.3 Å². The van der Waals surface area contributed by atoms with Crippen molar-refractivity contribution in [1.29, 1.82) is 0 Å². The number of methoxy groups -OCH3 is 1. The third-order valence-corrected chi connectivity index (χ3v) is 4.36. The molecule has 0 radical (unpaired) electrons. The van der Waals surface area contributed by atoms with Crippen molar-refractivity contribution in [3.8, 4) is 5.75 Å². The van der Waals surface area contributed by atoms with Crippen LogP contribution in [0, 0.1) is 0 Å². The maximum absolute atomic E-state index is 5.27. The minimum Gasteiger partial charge on any atom is -0.497 e. The van der Waals surface area contributed by atoms with Gasteiger partial charge in [-0.25, -0.2) is 9.97 Å². The summed E-state index contributed by atoms with van der Waals surface area (Å²) < 4.78 is 5.27. The van der Waals surface area contributed by atoms with E-state index < -0.39 is 0 Å². The zero-order chi connectivity index (χ0) is 16.4. The molecule has 0 bridgehead atoms. The fourth-order valence-corrected chi connectivity index (χ4v) is 3.02. The van der Waals surface area contributed by atoms with Gasteiger partial charge in [0.25, 0.3) is 0 Å². The van der Waals surface area contributed by atoms with E-state index in [2.05, 4.69) is 31.9 Å². The third-order valence-electron chi connectivity index (χ3n) is 4.36. The number of hydrogen-bond donors (Lipinski definition) is 0. The molecule has 0 atom stereocenters. The zero-order valence-electron chi connectivity index (χ0n) is 13.6. The summed E-state index contributed by atoms with van der Waals surface area (Å²) in [5.74, 6) is 2.82. The number of aromatic nitrogens is 3. The lowest BCUT2D eigenvalue weighted by molar-refractivity contribution is 0.415. The SMILES string of the molecule is COc1ccc2nc(N3CCN(c4cnccn4)CC3)ccc2c1. The molecule has 6 heteroatoms. The van der Waals surface area contributed by atoms with Crippen molar-refractivity contribution in [2.45, 2.75) is 0 Å². The summed E-state index contributed by atoms with van der Waals surface area (Å²) in [6.07, 6.45) is 5.26. The van der Waals surface area contributed by atoms with E-state index in [-0.39, 0.29) is 0 Å². The first kappa shape index (κ1) is 14.7. The molecule has 1 saturated heterocycles. The second-order valence-electron chi connectivity index (χ2n) is 5.77. The summed E-state index contributed by atoms with van der Waals surface area (Å²) in [7, 11) is 1.68. The molecule has 1 aromatic carbocycles. The number of fused-ring (bicyclic) bond motifs is 1. The van der Waals surface area contributed by atoms with Gasteiger partial charge in [-0.2, -0.15) is 0 Å². The number of benzene rings is 1. The molecule has 0 aliphatic carbocycles. The van der Waals surface area contributed by atoms with E-state index in [0.717, 1.165) is 54.5 Å². The maximum atomic E-state index is 5.27. The van der Waals surface area contributed by atoms with Crippen LogP contribution in [0.4, 0.5) is 11.6 Å². The molecule has 2 aromatic heterocycles. The van der Waals surface area contributed by atoms with Crippen molar-refractivity contribution in [1.82, 2.24) is 15.0 Å². The number of pyridine rings is 1. The van der Waals surface area contributed by atoms with E-state index in [1.165, 1.54) is 0 Å². The van der Waals surface area contributed by atoms with Crippen LogP contribution in [0.1, 0.15) is 0 Å². The Kier molecular flexibility index (Phi) is 3.86. The van der Waals surface area contributed by atoms with Crippen LogP contribution in [0.2, 0.25) is 0 Å². The summed E-state index contributed by atoms with van der Waals surface area (Å²) in [6.45, 7) is 3.68. The summed E-state index contributed by atoms with van der Waals surface area (Å²) >= 11 is 0. The Morgan fingerprint density at radius 1 is 0.917 bits per heavy atom. The lowest BCUT2D eigenvalue weighted by Crippen LogP contribution is -2.47. The van der Waals surface area contributed by atoms with Crippen LogP contribution in [0.5, 0.6) is 5.75 Å². The van der Waals surface area contributed by atoms with Crippen LogP contribution in [0.15, 0.2) is 48.9 Å². The predicted octanol–water partition coefficient (Wildman–Crippen LogP) is 2.36. The first-order valence-electron chi connectivity index (χ1n) is 8.04. The van der Waals surface area contributed by atoms with E-state index >= 15 is 0 Å². The molecular weight excluding hydrogens is 302 g/mol. The molecule has 0 N–H and O–H groups in total. The molecule has 1 aliphatic heterocycles. The van der Waals surface area contributed by atoms with Gasteiger partial charge in [-0.1, -0.05) is 0 Å². The van der Waals surface area contributed by atoms with E-state index in [1.807, 2.05) is 24.4 Å². The topological polar surface area (TPSA) is 54.4 Å². The van der Waals surface area contributed by atoms with Crippen LogP contribution >= 0.6 is 0 Å². The van der Waals surface area contributed by atoms with Crippen LogP contribution in [-0.4, -0.2) is 48.2 Å². The molecule has 24 heavy (non-hydrogen) atoms. The predicted molar refractivity (Wildman–Crippen MR) is 94.8 cm³/mol. The summed E-state index contributed by atoms with van der Waals surface area (Å²) in [6, 6.07) is 10.2. The van der Waals surface area contributed by atoms with Crippen LogP contribution in [0.25, 0.3) is 10.9 Å². The quantitative estimate of drug-likeness (QED) is 0.738. The van der Waals surface area contributed by atoms with E-state index in [1.54, 1.807) is 19.5 Å². The summed E-state index contributed by atoms with van der Waals surface area (Å²) in [5.41, 5.74) is 0.990. The average Bonchev–Trinajstić information content (AvgIpc) is 2.68. The highest BCUT2D eigenvalue weighted by Crippen LogP contribution is 2.23. The Morgan fingerprint density at radius 2 is 1.71 bits per heavy atom. The average molecular weight is 321 g/mol. The monoisotopic (exact) mass is 321 g/mol. The number of ether oxygens (including phenoxy) is 1. The van der Waals surface area contributed by atoms with Gasteiger partial charge < -0.3 is 14.5 Å². The van der Waals surface area contributed by atoms with Gasteiger partial charge in [-0.3, -0.25) is 4.98 Å². The van der Waals surface area contributed by atoms with Crippen molar-refractivity contribution >= 4 is 22.5 Å². The molecular formula is C18H19N5O. The number of rotatable bonds is 3. The molecule has 4 rings (SSSR count). The Labute approximate surface area is 140 Å². The van der Waals surface area contributed by atoms with Crippen molar-refractivity contribution in [3.63, 3.8) is 0 Å². The van der Waals surface area contributed by atoms with Crippen molar-refractivity contribution in [2.24, 2.45) is 0 Å². The number of nitrogens with zero attached hydrogens (tertiary/aromatic N) is 5. The van der Waals surface area contributed by atoms with Gasteiger partial charge in [0.05, 0.1) is 18.8 Å². The normalized spacial score (nSPS) is 14.9. The minimum atomic E-state index is 0.856. The summed E-state index contributed by atoms with van der Waals surface area (Å²) in [4.78, 5) is 17.9. The van der Waals surface area contributed by atoms with E-state index in [4.69, 9.17) is 9.72 Å². The van der Waals surface area contributed by atoms with Crippen LogP contribution in [0.3, 0.4) is 0 Å². The van der Waals surface area contributed by atoms with Crippen molar-refractivity contribution < 1.29 is 4.74 Å². The number of hydrogen-bond acceptors (Lipinski definition) is 6.